The molecule has 1 aromatic rings. The maximum atomic E-state index is 11.9. The van der Waals surface area contributed by atoms with Gasteiger partial charge in [-0.3, -0.25) is 19.2 Å². The molecule has 3 saturated heterocycles. The number of likely N-dealkylation sites (tertiary alicyclic amines) is 3. The summed E-state index contributed by atoms with van der Waals surface area (Å²) in [4.78, 5) is 50.3. The van der Waals surface area contributed by atoms with Crippen molar-refractivity contribution in [1.29, 1.82) is 0 Å². The molecule has 3 aliphatic rings. The number of carbonyl (C=O) groups excluding carboxylic acids is 4. The van der Waals surface area contributed by atoms with Gasteiger partial charge in [-0.1, -0.05) is 71.4 Å². The third kappa shape index (κ3) is 23.4. The lowest BCUT2D eigenvalue weighted by Crippen LogP contribution is -2.49. The van der Waals surface area contributed by atoms with Gasteiger partial charge in [0.25, 0.3) is 0 Å². The van der Waals surface area contributed by atoms with Gasteiger partial charge in [-0.2, -0.15) is 0 Å². The number of nitrogens with zero attached hydrogens (tertiary/aromatic N) is 4. The highest BCUT2D eigenvalue weighted by Crippen LogP contribution is 2.15. The van der Waals surface area contributed by atoms with Crippen molar-refractivity contribution in [3.05, 3.63) is 35.9 Å². The van der Waals surface area contributed by atoms with E-state index in [0.29, 0.717) is 25.3 Å². The van der Waals surface area contributed by atoms with Gasteiger partial charge in [0, 0.05) is 39.3 Å². The average Bonchev–Trinajstić information content (AvgIpc) is 3.77. The monoisotopic (exact) mass is 647 g/mol. The van der Waals surface area contributed by atoms with Crippen LogP contribution in [0, 0.1) is 11.8 Å². The van der Waals surface area contributed by atoms with Crippen LogP contribution in [-0.4, -0.2) is 117 Å². The lowest BCUT2D eigenvalue weighted by molar-refractivity contribution is -0.133. The summed E-state index contributed by atoms with van der Waals surface area (Å²) in [6, 6.07) is 9.99. The predicted octanol–water partition coefficient (Wildman–Crippen LogP) is 4.25. The Bertz CT molecular complexity index is 881. The SMILES string of the molecule is CC(C)C.CC(C)[C@@H](CN1CCCC1)N(C)C(=O)CNC=O.CN1CCCCC1.O=CN1CCCC1.O=CNCc1ccccc1. The van der Waals surface area contributed by atoms with Gasteiger partial charge in [-0.15, -0.1) is 0 Å². The van der Waals surface area contributed by atoms with Crippen LogP contribution in [0.15, 0.2) is 30.3 Å². The van der Waals surface area contributed by atoms with Crippen molar-refractivity contribution in [3.63, 3.8) is 0 Å². The number of benzene rings is 1. The minimum absolute atomic E-state index is 0.0278. The minimum Gasteiger partial charge on any atom is -0.355 e. The third-order valence-electron chi connectivity index (χ3n) is 7.74. The van der Waals surface area contributed by atoms with E-state index < -0.39 is 0 Å². The Hall–Kier alpha value is -2.98. The molecule has 0 radical (unpaired) electrons. The van der Waals surface area contributed by atoms with Crippen LogP contribution in [0.3, 0.4) is 0 Å². The fraction of sp³-hybridized carbons (Fsp3) is 0.722. The number of piperidine rings is 1. The second-order valence-corrected chi connectivity index (χ2v) is 13.3. The fourth-order valence-electron chi connectivity index (χ4n) is 5.10. The molecule has 2 N–H and O–H groups in total. The molecule has 0 unspecified atom stereocenters. The summed E-state index contributed by atoms with van der Waals surface area (Å²) >= 11 is 0. The molecule has 0 saturated carbocycles. The molecule has 4 rings (SSSR count). The van der Waals surface area contributed by atoms with Crippen molar-refractivity contribution in [1.82, 2.24) is 30.2 Å². The number of hydrogen-bond donors (Lipinski definition) is 2. The summed E-state index contributed by atoms with van der Waals surface area (Å²) in [5.41, 5.74) is 1.12. The number of carbonyl (C=O) groups is 4. The molecule has 0 spiro atoms. The van der Waals surface area contributed by atoms with E-state index >= 15 is 0 Å². The molecule has 0 aromatic heterocycles. The standard InChI is InChI=1S/C13H25N3O2.C8H9NO.C6H13N.C5H9NO.C4H10/c1-11(2)12(9-16-6-4-5-7-16)15(3)13(18)8-14-10-17;10-7-9-6-8-4-2-1-3-5-8;1-7-5-3-2-4-6-7;7-5-6-3-1-2-4-6;1-4(2)3/h10-12H,4-9H2,1-3H3,(H,14,17);1-5,7H,6H2,(H,9,10);2-6H2,1H3;5H,1-4H2;4H,1-3H3/t12-;;;;/m1..../s1. The second kappa shape index (κ2) is 28.3. The fourth-order valence-corrected chi connectivity index (χ4v) is 5.10. The summed E-state index contributed by atoms with van der Waals surface area (Å²) in [6.07, 6.45) is 11.4. The minimum atomic E-state index is -0.0278. The molecule has 0 bridgehead atoms. The molecule has 3 aliphatic heterocycles. The first-order valence-electron chi connectivity index (χ1n) is 17.3. The van der Waals surface area contributed by atoms with Gasteiger partial charge in [0.05, 0.1) is 6.54 Å². The molecule has 3 fully saturated rings. The quantitative estimate of drug-likeness (QED) is 0.349. The first-order valence-corrected chi connectivity index (χ1v) is 17.3. The lowest BCUT2D eigenvalue weighted by Gasteiger charge is -2.34. The topological polar surface area (TPSA) is 105 Å². The maximum Gasteiger partial charge on any atom is 0.241 e. The smallest absolute Gasteiger partial charge is 0.241 e. The number of nitrogens with one attached hydrogen (secondary N) is 2. The van der Waals surface area contributed by atoms with Crippen LogP contribution in [0.4, 0.5) is 0 Å². The highest BCUT2D eigenvalue weighted by molar-refractivity contribution is 5.80. The molecule has 3 heterocycles. The molecule has 10 nitrogen and oxygen atoms in total. The Balaban J connectivity index is 0.000000608. The molecular weight excluding hydrogens is 580 g/mol. The van der Waals surface area contributed by atoms with Crippen LogP contribution in [0.1, 0.15) is 85.1 Å². The van der Waals surface area contributed by atoms with Crippen LogP contribution in [0.2, 0.25) is 0 Å². The van der Waals surface area contributed by atoms with Gasteiger partial charge in [0.15, 0.2) is 0 Å². The summed E-state index contributed by atoms with van der Waals surface area (Å²) in [5, 5.41) is 5.01. The summed E-state index contributed by atoms with van der Waals surface area (Å²) < 4.78 is 0. The Morgan fingerprint density at radius 3 is 1.70 bits per heavy atom. The van der Waals surface area contributed by atoms with Gasteiger partial charge >= 0.3 is 0 Å². The maximum absolute atomic E-state index is 11.9. The van der Waals surface area contributed by atoms with Gasteiger partial charge in [-0.25, -0.2) is 0 Å². The summed E-state index contributed by atoms with van der Waals surface area (Å²) in [6.45, 7) is 19.3. The van der Waals surface area contributed by atoms with Crippen LogP contribution in [-0.2, 0) is 25.7 Å². The molecule has 46 heavy (non-hydrogen) atoms. The van der Waals surface area contributed by atoms with Crippen molar-refractivity contribution in [3.8, 4) is 0 Å². The lowest BCUT2D eigenvalue weighted by atomic mass is 10.0. The van der Waals surface area contributed by atoms with E-state index in [1.807, 2.05) is 37.4 Å². The van der Waals surface area contributed by atoms with Gasteiger partial charge < -0.3 is 30.2 Å². The number of hydrogen-bond acceptors (Lipinski definition) is 6. The van der Waals surface area contributed by atoms with Crippen molar-refractivity contribution in [2.45, 2.75) is 92.2 Å². The number of rotatable bonds is 11. The highest BCUT2D eigenvalue weighted by atomic mass is 16.2. The Morgan fingerprint density at radius 1 is 0.783 bits per heavy atom. The van der Waals surface area contributed by atoms with E-state index in [-0.39, 0.29) is 18.5 Å². The van der Waals surface area contributed by atoms with E-state index in [1.54, 1.807) is 9.80 Å². The van der Waals surface area contributed by atoms with Crippen molar-refractivity contribution >= 4 is 25.1 Å². The van der Waals surface area contributed by atoms with Crippen LogP contribution < -0.4 is 10.6 Å². The molecular formula is C36H66N6O4. The van der Waals surface area contributed by atoms with Crippen molar-refractivity contribution in [2.75, 3.05) is 66.5 Å². The third-order valence-corrected chi connectivity index (χ3v) is 7.74. The zero-order valence-electron chi connectivity index (χ0n) is 30.1. The van der Waals surface area contributed by atoms with E-state index in [0.717, 1.165) is 50.6 Å². The largest absolute Gasteiger partial charge is 0.355 e. The second-order valence-electron chi connectivity index (χ2n) is 13.3. The zero-order valence-corrected chi connectivity index (χ0v) is 30.1. The van der Waals surface area contributed by atoms with E-state index in [2.05, 4.69) is 62.1 Å². The van der Waals surface area contributed by atoms with Crippen LogP contribution in [0.25, 0.3) is 0 Å². The Kier molecular flexibility index (Phi) is 26.4. The number of amides is 4. The van der Waals surface area contributed by atoms with E-state index in [1.165, 1.54) is 58.0 Å². The normalized spacial score (nSPS) is 16.6. The van der Waals surface area contributed by atoms with Gasteiger partial charge in [0.1, 0.15) is 0 Å². The molecule has 10 heteroatoms. The van der Waals surface area contributed by atoms with Crippen molar-refractivity contribution < 1.29 is 19.2 Å². The summed E-state index contributed by atoms with van der Waals surface area (Å²) in [5.74, 6) is 1.22. The highest BCUT2D eigenvalue weighted by Gasteiger charge is 2.26. The van der Waals surface area contributed by atoms with Crippen LogP contribution >= 0.6 is 0 Å². The first kappa shape index (κ1) is 43.0. The van der Waals surface area contributed by atoms with E-state index in [4.69, 9.17) is 0 Å². The predicted molar refractivity (Wildman–Crippen MR) is 189 cm³/mol. The molecule has 0 aliphatic carbocycles. The summed E-state index contributed by atoms with van der Waals surface area (Å²) in [7, 11) is 4.02. The molecule has 264 valence electrons. The first-order chi connectivity index (χ1) is 22.0. The average molecular weight is 647 g/mol. The zero-order chi connectivity index (χ0) is 34.6. The van der Waals surface area contributed by atoms with Gasteiger partial charge in [0.2, 0.25) is 25.1 Å². The Morgan fingerprint density at radius 2 is 1.28 bits per heavy atom. The van der Waals surface area contributed by atoms with Crippen molar-refractivity contribution in [2.24, 2.45) is 11.8 Å². The molecule has 1 atom stereocenters. The van der Waals surface area contributed by atoms with E-state index in [9.17, 15) is 19.2 Å². The molecule has 1 aromatic carbocycles. The molecule has 4 amide bonds. The Labute approximate surface area is 280 Å². The van der Waals surface area contributed by atoms with Crippen LogP contribution in [0.5, 0.6) is 0 Å². The van der Waals surface area contributed by atoms with Gasteiger partial charge in [-0.05, 0) is 89.2 Å². The number of likely N-dealkylation sites (N-methyl/N-ethyl adjacent to an activating group) is 1.